The van der Waals surface area contributed by atoms with Crippen molar-refractivity contribution >= 4 is 0 Å². The van der Waals surface area contributed by atoms with Gasteiger partial charge in [-0.3, -0.25) is 4.90 Å². The highest BCUT2D eigenvalue weighted by atomic mass is 16.6. The van der Waals surface area contributed by atoms with Crippen LogP contribution in [0.1, 0.15) is 12.0 Å². The molecule has 2 saturated heterocycles. The Hall–Kier alpha value is -1.30. The summed E-state index contributed by atoms with van der Waals surface area (Å²) in [6, 6.07) is 6.19. The van der Waals surface area contributed by atoms with E-state index in [2.05, 4.69) is 17.0 Å². The quantitative estimate of drug-likeness (QED) is 0.912. The number of nitrogens with zero attached hydrogens (tertiary/aromatic N) is 1. The van der Waals surface area contributed by atoms with Crippen molar-refractivity contribution in [2.45, 2.75) is 13.0 Å². The molecule has 5 heteroatoms. The SMILES string of the molecule is OC[C@]12CCOC[C@H]1CN(Cc1ccc3c(c1)OCCO3)C2. The maximum atomic E-state index is 9.88. The maximum Gasteiger partial charge on any atom is 0.161 e. The molecule has 0 aliphatic carbocycles. The van der Waals surface area contributed by atoms with Crippen molar-refractivity contribution in [2.75, 3.05) is 46.1 Å². The van der Waals surface area contributed by atoms with E-state index in [0.29, 0.717) is 19.1 Å². The van der Waals surface area contributed by atoms with Crippen LogP contribution in [0.5, 0.6) is 11.5 Å². The summed E-state index contributed by atoms with van der Waals surface area (Å²) in [6.07, 6.45) is 0.964. The van der Waals surface area contributed by atoms with Crippen molar-refractivity contribution in [2.24, 2.45) is 11.3 Å². The van der Waals surface area contributed by atoms with Crippen LogP contribution in [0.2, 0.25) is 0 Å². The van der Waals surface area contributed by atoms with Crippen LogP contribution in [0.3, 0.4) is 0 Å². The molecule has 2 fully saturated rings. The first kappa shape index (κ1) is 14.3. The minimum Gasteiger partial charge on any atom is -0.486 e. The van der Waals surface area contributed by atoms with Crippen molar-refractivity contribution < 1.29 is 19.3 Å². The summed E-state index contributed by atoms with van der Waals surface area (Å²) in [5.74, 6) is 2.13. The molecule has 0 bridgehead atoms. The van der Waals surface area contributed by atoms with Gasteiger partial charge in [0.25, 0.3) is 0 Å². The number of hydrogen-bond donors (Lipinski definition) is 1. The second-order valence-corrected chi connectivity index (χ2v) is 6.69. The summed E-state index contributed by atoms with van der Waals surface area (Å²) in [5.41, 5.74) is 1.27. The zero-order valence-corrected chi connectivity index (χ0v) is 12.8. The molecule has 4 rings (SSSR count). The van der Waals surface area contributed by atoms with Crippen molar-refractivity contribution in [3.05, 3.63) is 23.8 Å². The number of aliphatic hydroxyl groups is 1. The normalized spacial score (nSPS) is 31.0. The molecule has 0 amide bonds. The number of aliphatic hydroxyl groups excluding tert-OH is 1. The zero-order chi connectivity index (χ0) is 15.0. The van der Waals surface area contributed by atoms with Crippen molar-refractivity contribution in [3.63, 3.8) is 0 Å². The molecule has 120 valence electrons. The summed E-state index contributed by atoms with van der Waals surface area (Å²) in [7, 11) is 0. The fourth-order valence-corrected chi connectivity index (χ4v) is 3.98. The average Bonchev–Trinajstić information content (AvgIpc) is 2.93. The molecule has 3 heterocycles. The number of hydrogen-bond acceptors (Lipinski definition) is 5. The van der Waals surface area contributed by atoms with Gasteiger partial charge >= 0.3 is 0 Å². The second kappa shape index (κ2) is 5.72. The predicted octanol–water partition coefficient (Wildman–Crippen LogP) is 1.29. The molecular weight excluding hydrogens is 282 g/mol. The Balaban J connectivity index is 1.48. The van der Waals surface area contributed by atoms with Crippen molar-refractivity contribution in [1.29, 1.82) is 0 Å². The van der Waals surface area contributed by atoms with Gasteiger partial charge in [-0.15, -0.1) is 0 Å². The summed E-state index contributed by atoms with van der Waals surface area (Å²) in [6.45, 7) is 5.88. The van der Waals surface area contributed by atoms with Crippen LogP contribution in [0.15, 0.2) is 18.2 Å². The number of likely N-dealkylation sites (tertiary alicyclic amines) is 1. The Morgan fingerprint density at radius 1 is 1.18 bits per heavy atom. The van der Waals surface area contributed by atoms with Gasteiger partial charge in [0.2, 0.25) is 0 Å². The maximum absolute atomic E-state index is 9.88. The van der Waals surface area contributed by atoms with Gasteiger partial charge in [0.15, 0.2) is 11.5 Å². The number of fused-ring (bicyclic) bond motifs is 2. The lowest BCUT2D eigenvalue weighted by molar-refractivity contribution is -0.0417. The molecule has 2 atom stereocenters. The first-order chi connectivity index (χ1) is 10.8. The van der Waals surface area contributed by atoms with E-state index >= 15 is 0 Å². The van der Waals surface area contributed by atoms with Gasteiger partial charge in [0.1, 0.15) is 13.2 Å². The molecule has 3 aliphatic rings. The summed E-state index contributed by atoms with van der Waals surface area (Å²) < 4.78 is 16.8. The van der Waals surface area contributed by atoms with E-state index in [9.17, 15) is 5.11 Å². The largest absolute Gasteiger partial charge is 0.486 e. The number of ether oxygens (including phenoxy) is 3. The Morgan fingerprint density at radius 2 is 2.05 bits per heavy atom. The smallest absolute Gasteiger partial charge is 0.161 e. The van der Waals surface area contributed by atoms with Crippen LogP contribution in [0.4, 0.5) is 0 Å². The molecule has 0 saturated carbocycles. The highest BCUT2D eigenvalue weighted by molar-refractivity contribution is 5.43. The second-order valence-electron chi connectivity index (χ2n) is 6.69. The molecule has 3 aliphatic heterocycles. The van der Waals surface area contributed by atoms with Crippen LogP contribution in [-0.4, -0.2) is 56.1 Å². The first-order valence-corrected chi connectivity index (χ1v) is 8.09. The molecule has 22 heavy (non-hydrogen) atoms. The zero-order valence-electron chi connectivity index (χ0n) is 12.8. The molecule has 0 unspecified atom stereocenters. The fourth-order valence-electron chi connectivity index (χ4n) is 3.98. The first-order valence-electron chi connectivity index (χ1n) is 8.09. The monoisotopic (exact) mass is 305 g/mol. The van der Waals surface area contributed by atoms with Gasteiger partial charge in [-0.05, 0) is 24.1 Å². The van der Waals surface area contributed by atoms with Gasteiger partial charge in [0, 0.05) is 37.6 Å². The molecule has 1 aromatic rings. The molecule has 0 aromatic heterocycles. The topological polar surface area (TPSA) is 51.2 Å². The van der Waals surface area contributed by atoms with E-state index in [1.165, 1.54) is 5.56 Å². The lowest BCUT2D eigenvalue weighted by Crippen LogP contribution is -2.41. The molecule has 1 N–H and O–H groups in total. The lowest BCUT2D eigenvalue weighted by Gasteiger charge is -2.36. The van der Waals surface area contributed by atoms with E-state index in [4.69, 9.17) is 14.2 Å². The third-order valence-corrected chi connectivity index (χ3v) is 5.27. The standard InChI is InChI=1S/C17H23NO4/c19-12-17-3-4-20-10-14(17)9-18(11-17)8-13-1-2-15-16(7-13)22-6-5-21-15/h1-2,7,14,19H,3-6,8-12H2/t14-,17-/m1/s1. The van der Waals surface area contributed by atoms with Crippen LogP contribution in [-0.2, 0) is 11.3 Å². The molecule has 5 nitrogen and oxygen atoms in total. The Bertz CT molecular complexity index is 549. The van der Waals surface area contributed by atoms with Crippen LogP contribution in [0, 0.1) is 11.3 Å². The van der Waals surface area contributed by atoms with Crippen molar-refractivity contribution in [1.82, 2.24) is 4.90 Å². The molecular formula is C17H23NO4. The number of benzene rings is 1. The van der Waals surface area contributed by atoms with Gasteiger partial charge in [-0.2, -0.15) is 0 Å². The predicted molar refractivity (Wildman–Crippen MR) is 81.2 cm³/mol. The molecule has 1 aromatic carbocycles. The molecule has 0 radical (unpaired) electrons. The van der Waals surface area contributed by atoms with Crippen LogP contribution in [0.25, 0.3) is 0 Å². The minimum absolute atomic E-state index is 0.0338. The van der Waals surface area contributed by atoms with Gasteiger partial charge in [-0.25, -0.2) is 0 Å². The highest BCUT2D eigenvalue weighted by Gasteiger charge is 2.47. The van der Waals surface area contributed by atoms with Gasteiger partial charge in [0.05, 0.1) is 13.2 Å². The van der Waals surface area contributed by atoms with E-state index in [0.717, 1.165) is 50.8 Å². The number of rotatable bonds is 3. The minimum atomic E-state index is 0.0338. The lowest BCUT2D eigenvalue weighted by atomic mass is 9.75. The van der Waals surface area contributed by atoms with Gasteiger partial charge in [-0.1, -0.05) is 6.07 Å². The third-order valence-electron chi connectivity index (χ3n) is 5.27. The average molecular weight is 305 g/mol. The summed E-state index contributed by atoms with van der Waals surface area (Å²) in [5, 5.41) is 9.88. The fraction of sp³-hybridized carbons (Fsp3) is 0.647. The van der Waals surface area contributed by atoms with Crippen LogP contribution < -0.4 is 9.47 Å². The Kier molecular flexibility index (Phi) is 3.72. The third kappa shape index (κ3) is 2.47. The highest BCUT2D eigenvalue weighted by Crippen LogP contribution is 2.42. The van der Waals surface area contributed by atoms with E-state index in [1.807, 2.05) is 6.07 Å². The summed E-state index contributed by atoms with van der Waals surface area (Å²) in [4.78, 5) is 2.43. The van der Waals surface area contributed by atoms with E-state index < -0.39 is 0 Å². The Morgan fingerprint density at radius 3 is 2.86 bits per heavy atom. The van der Waals surface area contributed by atoms with Crippen molar-refractivity contribution in [3.8, 4) is 11.5 Å². The Labute approximate surface area is 130 Å². The van der Waals surface area contributed by atoms with Gasteiger partial charge < -0.3 is 19.3 Å². The van der Waals surface area contributed by atoms with Crippen LogP contribution >= 0.6 is 0 Å². The summed E-state index contributed by atoms with van der Waals surface area (Å²) >= 11 is 0. The van der Waals surface area contributed by atoms with E-state index in [1.54, 1.807) is 0 Å². The molecule has 0 spiro atoms. The van der Waals surface area contributed by atoms with E-state index in [-0.39, 0.29) is 12.0 Å².